The number of nitrogens with zero attached hydrogens (tertiary/aromatic N) is 4. The second kappa shape index (κ2) is 5.79. The van der Waals surface area contributed by atoms with Crippen LogP contribution in [0.1, 0.15) is 40.0 Å². The summed E-state index contributed by atoms with van der Waals surface area (Å²) in [6.45, 7) is 6.65. The highest BCUT2D eigenvalue weighted by atomic mass is 16.2. The highest BCUT2D eigenvalue weighted by molar-refractivity contribution is 5.76. The molecular formula is C16H23N5O2. The third-order valence-corrected chi connectivity index (χ3v) is 4.76. The van der Waals surface area contributed by atoms with Crippen LogP contribution in [-0.4, -0.2) is 31.3 Å². The van der Waals surface area contributed by atoms with E-state index in [1.54, 1.807) is 6.07 Å². The number of fused-ring (bicyclic) bond motifs is 1. The van der Waals surface area contributed by atoms with Gasteiger partial charge in [0, 0.05) is 6.04 Å². The summed E-state index contributed by atoms with van der Waals surface area (Å²) in [6.07, 6.45) is 6.15. The molecule has 0 unspecified atom stereocenters. The van der Waals surface area contributed by atoms with Gasteiger partial charge >= 0.3 is 0 Å². The first-order chi connectivity index (χ1) is 10.9. The van der Waals surface area contributed by atoms with Gasteiger partial charge in [-0.1, -0.05) is 20.8 Å². The average molecular weight is 317 g/mol. The molecule has 1 N–H and O–H groups in total. The fourth-order valence-electron chi connectivity index (χ4n) is 3.53. The van der Waals surface area contributed by atoms with Crippen LogP contribution in [0.25, 0.3) is 5.52 Å². The predicted octanol–water partition coefficient (Wildman–Crippen LogP) is 1.22. The second-order valence-electron chi connectivity index (χ2n) is 7.31. The van der Waals surface area contributed by atoms with Gasteiger partial charge in [-0.25, -0.2) is 9.20 Å². The maximum absolute atomic E-state index is 12.3. The van der Waals surface area contributed by atoms with Crippen LogP contribution in [0.3, 0.4) is 0 Å². The van der Waals surface area contributed by atoms with Crippen molar-refractivity contribution in [3.8, 4) is 0 Å². The highest BCUT2D eigenvalue weighted by Crippen LogP contribution is 2.38. The van der Waals surface area contributed by atoms with Crippen LogP contribution in [0, 0.1) is 11.3 Å². The lowest BCUT2D eigenvalue weighted by molar-refractivity contribution is -0.123. The van der Waals surface area contributed by atoms with Crippen molar-refractivity contribution in [2.24, 2.45) is 11.3 Å². The summed E-state index contributed by atoms with van der Waals surface area (Å²) in [6, 6.07) is 1.79. The molecule has 1 saturated carbocycles. The Balaban J connectivity index is 1.67. The monoisotopic (exact) mass is 317 g/mol. The molecule has 124 valence electrons. The van der Waals surface area contributed by atoms with Gasteiger partial charge in [-0.15, -0.1) is 0 Å². The Labute approximate surface area is 134 Å². The van der Waals surface area contributed by atoms with E-state index in [1.165, 1.54) is 21.7 Å². The van der Waals surface area contributed by atoms with Gasteiger partial charge in [0.1, 0.15) is 18.4 Å². The summed E-state index contributed by atoms with van der Waals surface area (Å²) in [5, 5.41) is 11.0. The molecule has 2 atom stereocenters. The Morgan fingerprint density at radius 1 is 1.43 bits per heavy atom. The molecular weight excluding hydrogens is 294 g/mol. The summed E-state index contributed by atoms with van der Waals surface area (Å²) in [5.74, 6) is 0.268. The Morgan fingerprint density at radius 2 is 2.22 bits per heavy atom. The molecule has 1 amide bonds. The topological polar surface area (TPSA) is 81.3 Å². The summed E-state index contributed by atoms with van der Waals surface area (Å²) < 4.78 is 2.59. The molecule has 0 aromatic carbocycles. The van der Waals surface area contributed by atoms with Crippen molar-refractivity contribution in [3.63, 3.8) is 0 Å². The summed E-state index contributed by atoms with van der Waals surface area (Å²) in [4.78, 5) is 24.5. The van der Waals surface area contributed by atoms with Crippen molar-refractivity contribution < 1.29 is 4.79 Å². The Hall–Kier alpha value is -2.18. The van der Waals surface area contributed by atoms with Crippen molar-refractivity contribution in [3.05, 3.63) is 28.9 Å². The van der Waals surface area contributed by atoms with Crippen LogP contribution in [0.4, 0.5) is 0 Å². The van der Waals surface area contributed by atoms with Crippen LogP contribution >= 0.6 is 0 Å². The highest BCUT2D eigenvalue weighted by Gasteiger charge is 2.33. The minimum absolute atomic E-state index is 0.0624. The van der Waals surface area contributed by atoms with Crippen LogP contribution in [0.5, 0.6) is 0 Å². The van der Waals surface area contributed by atoms with Gasteiger partial charge < -0.3 is 5.32 Å². The van der Waals surface area contributed by atoms with Gasteiger partial charge in [0.05, 0.1) is 6.20 Å². The van der Waals surface area contributed by atoms with Crippen molar-refractivity contribution in [1.82, 2.24) is 24.7 Å². The fraction of sp³-hybridized carbons (Fsp3) is 0.625. The Kier molecular flexibility index (Phi) is 3.95. The van der Waals surface area contributed by atoms with E-state index in [4.69, 9.17) is 0 Å². The molecule has 0 saturated heterocycles. The second-order valence-corrected chi connectivity index (χ2v) is 7.31. The largest absolute Gasteiger partial charge is 0.351 e. The van der Waals surface area contributed by atoms with Crippen LogP contribution < -0.4 is 10.9 Å². The quantitative estimate of drug-likeness (QED) is 0.923. The standard InChI is InChI=1S/C16H23N5O2/c1-11-8-16(2,3)6-4-12(11)19-14(22)9-20-15(23)13-5-7-17-21(13)10-18-20/h5,7,10-12H,4,6,8-9H2,1-3H3,(H,19,22)/t11-,12+/m1/s1. The minimum Gasteiger partial charge on any atom is -0.351 e. The van der Waals surface area contributed by atoms with Crippen molar-refractivity contribution in [2.45, 2.75) is 52.6 Å². The molecule has 1 aliphatic carbocycles. The van der Waals surface area contributed by atoms with E-state index in [2.05, 4.69) is 36.3 Å². The molecule has 3 rings (SSSR count). The van der Waals surface area contributed by atoms with E-state index < -0.39 is 0 Å². The molecule has 0 radical (unpaired) electrons. The van der Waals surface area contributed by atoms with E-state index in [0.717, 1.165) is 19.3 Å². The molecule has 23 heavy (non-hydrogen) atoms. The number of rotatable bonds is 3. The lowest BCUT2D eigenvalue weighted by Gasteiger charge is -2.39. The normalized spacial score (nSPS) is 23.8. The van der Waals surface area contributed by atoms with E-state index in [9.17, 15) is 9.59 Å². The number of amides is 1. The van der Waals surface area contributed by atoms with Gasteiger partial charge in [-0.3, -0.25) is 9.59 Å². The molecule has 2 heterocycles. The van der Waals surface area contributed by atoms with E-state index in [0.29, 0.717) is 16.8 Å². The molecule has 0 bridgehead atoms. The van der Waals surface area contributed by atoms with Gasteiger partial charge in [0.2, 0.25) is 5.91 Å². The van der Waals surface area contributed by atoms with Crippen LogP contribution in [0.15, 0.2) is 23.4 Å². The maximum Gasteiger partial charge on any atom is 0.293 e. The van der Waals surface area contributed by atoms with E-state index in [1.807, 2.05) is 0 Å². The fourth-order valence-corrected chi connectivity index (χ4v) is 3.53. The lowest BCUT2D eigenvalue weighted by Crippen LogP contribution is -2.46. The maximum atomic E-state index is 12.3. The van der Waals surface area contributed by atoms with Crippen molar-refractivity contribution >= 4 is 11.4 Å². The van der Waals surface area contributed by atoms with Gasteiger partial charge in [0.15, 0.2) is 0 Å². The minimum atomic E-state index is -0.307. The molecule has 2 aromatic heterocycles. The zero-order chi connectivity index (χ0) is 16.6. The van der Waals surface area contributed by atoms with Gasteiger partial charge in [-0.2, -0.15) is 10.2 Å². The number of nitrogens with one attached hydrogen (secondary N) is 1. The van der Waals surface area contributed by atoms with Crippen LogP contribution in [0.2, 0.25) is 0 Å². The number of carbonyl (C=O) groups excluding carboxylic acids is 1. The molecule has 0 aliphatic heterocycles. The average Bonchev–Trinajstić information content (AvgIpc) is 2.94. The predicted molar refractivity (Wildman–Crippen MR) is 86.0 cm³/mol. The zero-order valence-electron chi connectivity index (χ0n) is 13.8. The van der Waals surface area contributed by atoms with E-state index in [-0.39, 0.29) is 24.1 Å². The molecule has 1 aliphatic rings. The zero-order valence-corrected chi connectivity index (χ0v) is 13.8. The summed E-state index contributed by atoms with van der Waals surface area (Å²) in [5.41, 5.74) is 0.449. The summed E-state index contributed by atoms with van der Waals surface area (Å²) in [7, 11) is 0. The molecule has 1 fully saturated rings. The van der Waals surface area contributed by atoms with Crippen molar-refractivity contribution in [2.75, 3.05) is 0 Å². The van der Waals surface area contributed by atoms with Crippen molar-refractivity contribution in [1.29, 1.82) is 0 Å². The molecule has 7 heteroatoms. The van der Waals surface area contributed by atoms with Gasteiger partial charge in [0.25, 0.3) is 5.56 Å². The Morgan fingerprint density at radius 3 is 2.96 bits per heavy atom. The van der Waals surface area contributed by atoms with Crippen LogP contribution in [-0.2, 0) is 11.3 Å². The number of hydrogen-bond donors (Lipinski definition) is 1. The first-order valence-electron chi connectivity index (χ1n) is 8.04. The molecule has 0 spiro atoms. The molecule has 2 aromatic rings. The lowest BCUT2D eigenvalue weighted by atomic mass is 9.70. The smallest absolute Gasteiger partial charge is 0.293 e. The molecule has 7 nitrogen and oxygen atoms in total. The first-order valence-corrected chi connectivity index (χ1v) is 8.04. The Bertz CT molecular complexity index is 776. The summed E-state index contributed by atoms with van der Waals surface area (Å²) >= 11 is 0. The number of carbonyl (C=O) groups is 1. The third kappa shape index (κ3) is 3.28. The number of aromatic nitrogens is 4. The number of hydrogen-bond acceptors (Lipinski definition) is 4. The SMILES string of the molecule is C[C@@H]1CC(C)(C)CC[C@@H]1NC(=O)Cn1ncn2nccc2c1=O. The first kappa shape index (κ1) is 15.7. The third-order valence-electron chi connectivity index (χ3n) is 4.76. The van der Waals surface area contributed by atoms with Gasteiger partial charge in [-0.05, 0) is 36.7 Å². The van der Waals surface area contributed by atoms with E-state index >= 15 is 0 Å².